The van der Waals surface area contributed by atoms with Gasteiger partial charge in [0.2, 0.25) is 0 Å². The van der Waals surface area contributed by atoms with Crippen LogP contribution in [-0.4, -0.2) is 15.7 Å². The van der Waals surface area contributed by atoms with Gasteiger partial charge in [-0.25, -0.2) is 0 Å². The van der Waals surface area contributed by atoms with E-state index < -0.39 is 0 Å². The number of hydrogen-bond donors (Lipinski definition) is 1. The first-order valence-electron chi connectivity index (χ1n) is 7.98. The van der Waals surface area contributed by atoms with Crippen LogP contribution in [0.4, 0.5) is 0 Å². The van der Waals surface area contributed by atoms with Crippen LogP contribution in [-0.2, 0) is 0 Å². The fourth-order valence-electron chi connectivity index (χ4n) is 3.48. The third-order valence-electron chi connectivity index (χ3n) is 4.48. The largest absolute Gasteiger partial charge is 0.489 e. The molecule has 2 unspecified atom stereocenters. The van der Waals surface area contributed by atoms with E-state index in [-0.39, 0.29) is 6.10 Å². The molecule has 0 spiro atoms. The van der Waals surface area contributed by atoms with Crippen molar-refractivity contribution in [2.24, 2.45) is 5.92 Å². The van der Waals surface area contributed by atoms with E-state index in [1.807, 2.05) is 19.9 Å². The lowest BCUT2D eigenvalue weighted by Crippen LogP contribution is -2.21. The van der Waals surface area contributed by atoms with Gasteiger partial charge in [-0.2, -0.15) is 0 Å². The lowest BCUT2D eigenvalue weighted by molar-refractivity contribution is 0.245. The van der Waals surface area contributed by atoms with Crippen LogP contribution in [0, 0.1) is 10.7 Å². The van der Waals surface area contributed by atoms with E-state index in [0.717, 1.165) is 16.0 Å². The van der Waals surface area contributed by atoms with Crippen LogP contribution in [0.3, 0.4) is 0 Å². The Morgan fingerprint density at radius 1 is 1.29 bits per heavy atom. The van der Waals surface area contributed by atoms with Gasteiger partial charge in [0.25, 0.3) is 0 Å². The highest BCUT2D eigenvalue weighted by atomic mass is 32.1. The molecule has 2 aromatic rings. The van der Waals surface area contributed by atoms with E-state index in [2.05, 4.69) is 28.6 Å². The maximum absolute atomic E-state index is 5.92. The molecule has 1 fully saturated rings. The molecule has 1 aromatic carbocycles. The minimum Gasteiger partial charge on any atom is -0.489 e. The summed E-state index contributed by atoms with van der Waals surface area (Å²) in [5.41, 5.74) is 2.21. The van der Waals surface area contributed by atoms with Crippen molar-refractivity contribution in [3.8, 4) is 5.75 Å². The van der Waals surface area contributed by atoms with Gasteiger partial charge in [0.15, 0.2) is 4.77 Å². The second kappa shape index (κ2) is 5.84. The van der Waals surface area contributed by atoms with Gasteiger partial charge in [-0.15, -0.1) is 0 Å². The molecule has 0 aliphatic heterocycles. The summed E-state index contributed by atoms with van der Waals surface area (Å²) in [7, 11) is 0. The molecule has 1 aromatic heterocycles. The summed E-state index contributed by atoms with van der Waals surface area (Å²) >= 11 is 5.61. The normalized spacial score (nSPS) is 22.9. The summed E-state index contributed by atoms with van der Waals surface area (Å²) in [5.74, 6) is 1.58. The van der Waals surface area contributed by atoms with Crippen molar-refractivity contribution in [2.75, 3.05) is 0 Å². The summed E-state index contributed by atoms with van der Waals surface area (Å²) in [6.45, 7) is 6.44. The summed E-state index contributed by atoms with van der Waals surface area (Å²) in [6.07, 6.45) is 5.31. The Morgan fingerprint density at radius 3 is 2.76 bits per heavy atom. The number of nitrogens with one attached hydrogen (secondary N) is 1. The van der Waals surface area contributed by atoms with Crippen LogP contribution in [0.1, 0.15) is 52.5 Å². The molecule has 1 N–H and O–H groups in total. The Kier molecular flexibility index (Phi) is 4.07. The van der Waals surface area contributed by atoms with Gasteiger partial charge >= 0.3 is 0 Å². The molecule has 0 radical (unpaired) electrons. The minimum absolute atomic E-state index is 0.162. The Hall–Kier alpha value is -1.29. The highest BCUT2D eigenvalue weighted by Crippen LogP contribution is 2.37. The molecular weight excluding hydrogens is 280 g/mol. The van der Waals surface area contributed by atoms with Crippen LogP contribution in [0.15, 0.2) is 18.2 Å². The smallest absolute Gasteiger partial charge is 0.178 e. The number of aromatic nitrogens is 2. The Morgan fingerprint density at radius 2 is 2.05 bits per heavy atom. The van der Waals surface area contributed by atoms with Crippen molar-refractivity contribution < 1.29 is 4.74 Å². The topological polar surface area (TPSA) is 29.9 Å². The number of benzene rings is 1. The highest BCUT2D eigenvalue weighted by molar-refractivity contribution is 7.71. The molecule has 3 nitrogen and oxygen atoms in total. The van der Waals surface area contributed by atoms with Crippen molar-refractivity contribution in [1.82, 2.24) is 9.55 Å². The predicted molar refractivity (Wildman–Crippen MR) is 89.6 cm³/mol. The molecule has 0 saturated heterocycles. The molecular formula is C17H24N2OS. The van der Waals surface area contributed by atoms with Crippen molar-refractivity contribution in [3.63, 3.8) is 0 Å². The quantitative estimate of drug-likeness (QED) is 0.786. The van der Waals surface area contributed by atoms with Gasteiger partial charge in [0.05, 0.1) is 11.6 Å². The lowest BCUT2D eigenvalue weighted by atomic mass is 9.85. The fourth-order valence-corrected chi connectivity index (χ4v) is 3.82. The van der Waals surface area contributed by atoms with Crippen LogP contribution >= 0.6 is 12.2 Å². The number of fused-ring (bicyclic) bond motifs is 1. The number of aromatic amines is 1. The molecule has 1 aliphatic carbocycles. The first kappa shape index (κ1) is 14.6. The number of H-pyrrole nitrogens is 1. The van der Waals surface area contributed by atoms with Crippen molar-refractivity contribution in [2.45, 2.75) is 58.6 Å². The zero-order chi connectivity index (χ0) is 15.0. The highest BCUT2D eigenvalue weighted by Gasteiger charge is 2.25. The SMILES string of the molecule is CC(C)Oc1cccc2c1[nH]c(=S)n2C1CCCCC1C. The first-order valence-corrected chi connectivity index (χ1v) is 8.38. The van der Waals surface area contributed by atoms with Crippen LogP contribution in [0.5, 0.6) is 5.75 Å². The third-order valence-corrected chi connectivity index (χ3v) is 4.77. The van der Waals surface area contributed by atoms with E-state index in [0.29, 0.717) is 12.0 Å². The second-order valence-electron chi connectivity index (χ2n) is 6.45. The standard InChI is InChI=1S/C17H24N2OS/c1-11(2)20-15-10-6-9-14-16(15)18-17(21)19(14)13-8-5-4-7-12(13)3/h6,9-13H,4-5,7-8H2,1-3H3,(H,18,21). The van der Waals surface area contributed by atoms with Gasteiger partial charge in [-0.1, -0.05) is 25.8 Å². The zero-order valence-electron chi connectivity index (χ0n) is 13.1. The number of nitrogens with zero attached hydrogens (tertiary/aromatic N) is 1. The molecule has 1 aliphatic rings. The van der Waals surface area contributed by atoms with Gasteiger partial charge in [-0.05, 0) is 57.0 Å². The van der Waals surface area contributed by atoms with E-state index in [1.54, 1.807) is 0 Å². The Labute approximate surface area is 131 Å². The summed E-state index contributed by atoms with van der Waals surface area (Å²) in [6, 6.07) is 6.74. The average Bonchev–Trinajstić information content (AvgIpc) is 2.76. The molecule has 4 heteroatoms. The molecule has 2 atom stereocenters. The van der Waals surface area contributed by atoms with E-state index >= 15 is 0 Å². The van der Waals surface area contributed by atoms with Crippen molar-refractivity contribution >= 4 is 23.3 Å². The fraction of sp³-hybridized carbons (Fsp3) is 0.588. The van der Waals surface area contributed by atoms with Gasteiger partial charge in [0, 0.05) is 6.04 Å². The molecule has 114 valence electrons. The maximum Gasteiger partial charge on any atom is 0.178 e. The van der Waals surface area contributed by atoms with Gasteiger partial charge in [0.1, 0.15) is 11.3 Å². The van der Waals surface area contributed by atoms with Crippen LogP contribution in [0.25, 0.3) is 11.0 Å². The molecule has 1 heterocycles. The van der Waals surface area contributed by atoms with Gasteiger partial charge < -0.3 is 14.3 Å². The Bertz CT molecular complexity index is 686. The zero-order valence-corrected chi connectivity index (χ0v) is 13.9. The summed E-state index contributed by atoms with van der Waals surface area (Å²) in [4.78, 5) is 3.37. The number of para-hydroxylation sites is 1. The molecule has 0 bridgehead atoms. The van der Waals surface area contributed by atoms with E-state index in [4.69, 9.17) is 17.0 Å². The van der Waals surface area contributed by atoms with Crippen LogP contribution in [0.2, 0.25) is 0 Å². The number of hydrogen-bond acceptors (Lipinski definition) is 2. The van der Waals surface area contributed by atoms with Crippen LogP contribution < -0.4 is 4.74 Å². The van der Waals surface area contributed by atoms with Crippen molar-refractivity contribution in [3.05, 3.63) is 23.0 Å². The van der Waals surface area contributed by atoms with Gasteiger partial charge in [-0.3, -0.25) is 0 Å². The number of rotatable bonds is 3. The van der Waals surface area contributed by atoms with E-state index in [9.17, 15) is 0 Å². The maximum atomic E-state index is 5.92. The Balaban J connectivity index is 2.11. The minimum atomic E-state index is 0.162. The molecule has 0 amide bonds. The monoisotopic (exact) mass is 304 g/mol. The molecule has 21 heavy (non-hydrogen) atoms. The van der Waals surface area contributed by atoms with E-state index in [1.165, 1.54) is 31.2 Å². The van der Waals surface area contributed by atoms with Crippen molar-refractivity contribution in [1.29, 1.82) is 0 Å². The molecule has 1 saturated carbocycles. The lowest BCUT2D eigenvalue weighted by Gasteiger charge is -2.30. The predicted octanol–water partition coefficient (Wildman–Crippen LogP) is 5.24. The summed E-state index contributed by atoms with van der Waals surface area (Å²) < 4.78 is 9.06. The average molecular weight is 304 g/mol. The summed E-state index contributed by atoms with van der Waals surface area (Å²) in [5, 5.41) is 0. The number of ether oxygens (including phenoxy) is 1. The first-order chi connectivity index (χ1) is 10.1. The molecule has 3 rings (SSSR count). The third kappa shape index (κ3) is 2.73. The second-order valence-corrected chi connectivity index (χ2v) is 6.83. The number of imidazole rings is 1.